The minimum atomic E-state index is -0.735. The number of carboxylic acid groups (broad SMARTS) is 1. The summed E-state index contributed by atoms with van der Waals surface area (Å²) < 4.78 is 1.81. The molecular weight excluding hydrogens is 344 g/mol. The first-order chi connectivity index (χ1) is 12.8. The number of nitrogens with one attached hydrogen (secondary N) is 1. The van der Waals surface area contributed by atoms with Gasteiger partial charge >= 0.3 is 5.97 Å². The van der Waals surface area contributed by atoms with Gasteiger partial charge in [0.05, 0.1) is 6.54 Å². The van der Waals surface area contributed by atoms with E-state index in [0.29, 0.717) is 18.0 Å². The van der Waals surface area contributed by atoms with Crippen LogP contribution in [-0.2, 0) is 10.2 Å². The van der Waals surface area contributed by atoms with Crippen molar-refractivity contribution in [1.82, 2.24) is 24.7 Å². The average Bonchev–Trinajstić information content (AvgIpc) is 3.23. The van der Waals surface area contributed by atoms with Crippen LogP contribution in [-0.4, -0.2) is 61.0 Å². The van der Waals surface area contributed by atoms with Crippen LogP contribution in [0, 0.1) is 5.92 Å². The predicted molar refractivity (Wildman–Crippen MR) is 102 cm³/mol. The molecule has 0 atom stereocenters. The average molecular weight is 372 g/mol. The van der Waals surface area contributed by atoms with Crippen molar-refractivity contribution in [1.29, 1.82) is 0 Å². The van der Waals surface area contributed by atoms with Gasteiger partial charge in [-0.15, -0.1) is 15.3 Å². The Kier molecular flexibility index (Phi) is 4.53. The highest BCUT2D eigenvalue weighted by molar-refractivity contribution is 5.69. The second-order valence-corrected chi connectivity index (χ2v) is 9.00. The van der Waals surface area contributed by atoms with E-state index in [-0.39, 0.29) is 12.0 Å². The van der Waals surface area contributed by atoms with Crippen molar-refractivity contribution < 1.29 is 9.90 Å². The number of fused-ring (bicyclic) bond motifs is 1. The van der Waals surface area contributed by atoms with Crippen LogP contribution < -0.4 is 5.32 Å². The number of aromatic nitrogens is 4. The first kappa shape index (κ1) is 18.2. The highest BCUT2D eigenvalue weighted by atomic mass is 16.4. The largest absolute Gasteiger partial charge is 0.480 e. The molecule has 2 aromatic rings. The quantitative estimate of drug-likeness (QED) is 0.769. The number of hydrogen-bond acceptors (Lipinski definition) is 6. The van der Waals surface area contributed by atoms with Crippen LogP contribution in [0.25, 0.3) is 5.65 Å². The summed E-state index contributed by atoms with van der Waals surface area (Å²) in [6, 6.07) is 4.54. The second-order valence-electron chi connectivity index (χ2n) is 9.00. The summed E-state index contributed by atoms with van der Waals surface area (Å²) in [5.74, 6) is 1.61. The molecule has 2 saturated carbocycles. The van der Waals surface area contributed by atoms with Crippen molar-refractivity contribution in [2.45, 2.75) is 64.0 Å². The molecule has 2 N–H and O–H groups in total. The maximum Gasteiger partial charge on any atom is 0.317 e. The SMILES string of the molecule is CC(C)(C)c1nnc2ccc(NC3CC(N(CC(=O)O)CC4CC4)C3)nn12. The van der Waals surface area contributed by atoms with Crippen molar-refractivity contribution in [2.75, 3.05) is 18.4 Å². The van der Waals surface area contributed by atoms with Gasteiger partial charge in [-0.25, -0.2) is 0 Å². The standard InChI is InChI=1S/C19H28N6O2/c1-19(2,3)18-22-21-16-7-6-15(23-25(16)18)20-13-8-14(9-13)24(11-17(26)27)10-12-4-5-12/h6-7,12-14H,4-5,8-11H2,1-3H3,(H,20,23)(H,26,27). The van der Waals surface area contributed by atoms with E-state index in [9.17, 15) is 9.90 Å². The Hall–Kier alpha value is -2.22. The Bertz CT molecular complexity index is 832. The normalized spacial score (nSPS) is 22.8. The molecule has 2 aliphatic rings. The number of anilines is 1. The number of rotatable bonds is 7. The molecule has 0 amide bonds. The molecule has 2 fully saturated rings. The van der Waals surface area contributed by atoms with Crippen LogP contribution in [0.4, 0.5) is 5.82 Å². The van der Waals surface area contributed by atoms with Gasteiger partial charge in [0.2, 0.25) is 0 Å². The molecule has 8 nitrogen and oxygen atoms in total. The van der Waals surface area contributed by atoms with Crippen molar-refractivity contribution in [2.24, 2.45) is 5.92 Å². The van der Waals surface area contributed by atoms with Gasteiger partial charge in [-0.2, -0.15) is 4.52 Å². The van der Waals surface area contributed by atoms with Crippen molar-refractivity contribution in [3.63, 3.8) is 0 Å². The highest BCUT2D eigenvalue weighted by Gasteiger charge is 2.37. The van der Waals surface area contributed by atoms with Crippen molar-refractivity contribution in [3.8, 4) is 0 Å². The Morgan fingerprint density at radius 3 is 2.67 bits per heavy atom. The maximum absolute atomic E-state index is 11.2. The molecule has 4 rings (SSSR count). The van der Waals surface area contributed by atoms with E-state index < -0.39 is 5.97 Å². The summed E-state index contributed by atoms with van der Waals surface area (Å²) in [4.78, 5) is 13.3. The third kappa shape index (κ3) is 4.05. The lowest BCUT2D eigenvalue weighted by atomic mass is 9.85. The summed E-state index contributed by atoms with van der Waals surface area (Å²) >= 11 is 0. The third-order valence-electron chi connectivity index (χ3n) is 5.44. The molecule has 27 heavy (non-hydrogen) atoms. The molecule has 0 bridgehead atoms. The van der Waals surface area contributed by atoms with Gasteiger partial charge in [0.15, 0.2) is 11.5 Å². The van der Waals surface area contributed by atoms with Crippen LogP contribution in [0.5, 0.6) is 0 Å². The summed E-state index contributed by atoms with van der Waals surface area (Å²) in [7, 11) is 0. The fraction of sp³-hybridized carbons (Fsp3) is 0.684. The molecule has 0 spiro atoms. The molecule has 146 valence electrons. The van der Waals surface area contributed by atoms with Crippen LogP contribution in [0.15, 0.2) is 12.1 Å². The Labute approximate surface area is 159 Å². The van der Waals surface area contributed by atoms with Gasteiger partial charge in [0.1, 0.15) is 5.82 Å². The fourth-order valence-corrected chi connectivity index (χ4v) is 3.70. The van der Waals surface area contributed by atoms with Gasteiger partial charge < -0.3 is 10.4 Å². The molecule has 2 heterocycles. The lowest BCUT2D eigenvalue weighted by Crippen LogP contribution is -2.52. The zero-order valence-electron chi connectivity index (χ0n) is 16.2. The molecule has 2 aromatic heterocycles. The minimum Gasteiger partial charge on any atom is -0.480 e. The Morgan fingerprint density at radius 2 is 2.04 bits per heavy atom. The van der Waals surface area contributed by atoms with E-state index in [2.05, 4.69) is 46.3 Å². The first-order valence-corrected chi connectivity index (χ1v) is 9.75. The zero-order chi connectivity index (χ0) is 19.2. The number of carbonyl (C=O) groups is 1. The van der Waals surface area contributed by atoms with Gasteiger partial charge in [-0.3, -0.25) is 9.69 Å². The van der Waals surface area contributed by atoms with Gasteiger partial charge in [-0.05, 0) is 43.7 Å². The van der Waals surface area contributed by atoms with Crippen LogP contribution in [0.3, 0.4) is 0 Å². The van der Waals surface area contributed by atoms with E-state index >= 15 is 0 Å². The maximum atomic E-state index is 11.2. The third-order valence-corrected chi connectivity index (χ3v) is 5.44. The van der Waals surface area contributed by atoms with E-state index in [1.54, 1.807) is 0 Å². The Morgan fingerprint density at radius 1 is 1.30 bits per heavy atom. The summed E-state index contributed by atoms with van der Waals surface area (Å²) in [5, 5.41) is 25.8. The summed E-state index contributed by atoms with van der Waals surface area (Å²) in [6.07, 6.45) is 4.38. The number of carboxylic acids is 1. The first-order valence-electron chi connectivity index (χ1n) is 9.75. The van der Waals surface area contributed by atoms with E-state index in [1.807, 2.05) is 16.6 Å². The van der Waals surface area contributed by atoms with Crippen LogP contribution in [0.2, 0.25) is 0 Å². The fourth-order valence-electron chi connectivity index (χ4n) is 3.70. The summed E-state index contributed by atoms with van der Waals surface area (Å²) in [5.41, 5.74) is 0.612. The molecule has 0 saturated heterocycles. The summed E-state index contributed by atoms with van der Waals surface area (Å²) in [6.45, 7) is 7.35. The number of hydrogen-bond donors (Lipinski definition) is 2. The molecule has 0 radical (unpaired) electrons. The number of nitrogens with zero attached hydrogens (tertiary/aromatic N) is 5. The lowest BCUT2D eigenvalue weighted by molar-refractivity contribution is -0.139. The Balaban J connectivity index is 1.39. The smallest absolute Gasteiger partial charge is 0.317 e. The molecular formula is C19H28N6O2. The molecule has 0 aromatic carbocycles. The monoisotopic (exact) mass is 372 g/mol. The van der Waals surface area contributed by atoms with Crippen LogP contribution >= 0.6 is 0 Å². The number of aliphatic carboxylic acids is 1. The van der Waals surface area contributed by atoms with Crippen molar-refractivity contribution >= 4 is 17.4 Å². The van der Waals surface area contributed by atoms with E-state index in [0.717, 1.165) is 36.7 Å². The molecule has 0 unspecified atom stereocenters. The topological polar surface area (TPSA) is 95.7 Å². The highest BCUT2D eigenvalue weighted by Crippen LogP contribution is 2.34. The molecule has 0 aliphatic heterocycles. The lowest BCUT2D eigenvalue weighted by Gasteiger charge is -2.43. The van der Waals surface area contributed by atoms with Gasteiger partial charge in [0, 0.05) is 24.0 Å². The van der Waals surface area contributed by atoms with E-state index in [4.69, 9.17) is 0 Å². The van der Waals surface area contributed by atoms with Crippen LogP contribution in [0.1, 0.15) is 52.3 Å². The van der Waals surface area contributed by atoms with Gasteiger partial charge in [0.25, 0.3) is 0 Å². The predicted octanol–water partition coefficient (Wildman–Crippen LogP) is 2.16. The van der Waals surface area contributed by atoms with Crippen molar-refractivity contribution in [3.05, 3.63) is 18.0 Å². The zero-order valence-corrected chi connectivity index (χ0v) is 16.2. The van der Waals surface area contributed by atoms with E-state index in [1.165, 1.54) is 12.8 Å². The second kappa shape index (κ2) is 6.74. The molecule has 2 aliphatic carbocycles. The van der Waals surface area contributed by atoms with Gasteiger partial charge in [-0.1, -0.05) is 20.8 Å². The molecule has 8 heteroatoms. The minimum absolute atomic E-state index is 0.132.